The second-order valence-electron chi connectivity index (χ2n) is 9.92. The summed E-state index contributed by atoms with van der Waals surface area (Å²) < 4.78 is 0. The Morgan fingerprint density at radius 1 is 1.08 bits per heavy atom. The zero-order chi connectivity index (χ0) is 16.7. The number of hydrogen-bond acceptors (Lipinski definition) is 2. The number of rotatable bonds is 0. The molecule has 0 amide bonds. The number of fused-ring (bicyclic) bond motifs is 7. The van der Waals surface area contributed by atoms with E-state index >= 15 is 0 Å². The molecule has 0 bridgehead atoms. The van der Waals surface area contributed by atoms with Crippen LogP contribution in [0.4, 0.5) is 0 Å². The largest absolute Gasteiger partial charge is 0.393 e. The number of aryl methyl sites for hydroxylation is 1. The van der Waals surface area contributed by atoms with E-state index in [4.69, 9.17) is 0 Å². The molecule has 4 aliphatic carbocycles. The predicted molar refractivity (Wildman–Crippen MR) is 94.8 cm³/mol. The van der Waals surface area contributed by atoms with Crippen LogP contribution in [0.3, 0.4) is 0 Å². The molecule has 7 atom stereocenters. The third-order valence-corrected chi connectivity index (χ3v) is 9.03. The summed E-state index contributed by atoms with van der Waals surface area (Å²) in [7, 11) is 0. The number of aliphatic hydroxyl groups is 1. The van der Waals surface area contributed by atoms with Crippen LogP contribution >= 0.6 is 0 Å². The number of aromatic amines is 1. The first kappa shape index (κ1) is 15.4. The zero-order valence-electron chi connectivity index (χ0n) is 15.4. The van der Waals surface area contributed by atoms with Gasteiger partial charge in [0.1, 0.15) is 0 Å². The summed E-state index contributed by atoms with van der Waals surface area (Å²) >= 11 is 0. The number of nitrogens with zero attached hydrogens (tertiary/aromatic N) is 1. The molecule has 4 aliphatic rings. The Kier molecular flexibility index (Phi) is 3.13. The van der Waals surface area contributed by atoms with Gasteiger partial charge in [0, 0.05) is 11.3 Å². The van der Waals surface area contributed by atoms with E-state index in [9.17, 15) is 5.11 Å². The van der Waals surface area contributed by atoms with Gasteiger partial charge in [-0.15, -0.1) is 0 Å². The molecule has 1 aromatic rings. The van der Waals surface area contributed by atoms with Crippen molar-refractivity contribution in [2.24, 2.45) is 29.1 Å². The second-order valence-corrected chi connectivity index (χ2v) is 9.92. The van der Waals surface area contributed by atoms with E-state index in [1.165, 1.54) is 49.9 Å². The highest BCUT2D eigenvalue weighted by molar-refractivity contribution is 5.40. The smallest absolute Gasteiger partial charge is 0.0665 e. The summed E-state index contributed by atoms with van der Waals surface area (Å²) in [6.07, 6.45) is 9.92. The Morgan fingerprint density at radius 2 is 1.92 bits per heavy atom. The van der Waals surface area contributed by atoms with E-state index in [0.717, 1.165) is 36.5 Å². The number of aromatic nitrogens is 2. The molecule has 3 fully saturated rings. The maximum Gasteiger partial charge on any atom is 0.0665 e. The standard InChI is InChI=1S/C21H32N2O/c1-12-19-18(23-22-12)11-17-15-5-4-13-10-14(24)6-8-20(13,2)16(15)7-9-21(17,19)3/h13-17,24H,4-11H2,1-3H3,(H,22,23)/t13-,14+,15-,16+,17+,20-,21-/m0/s1. The minimum absolute atomic E-state index is 0.0347. The SMILES string of the molecule is Cc1[nH]nc2c1[C@@]1(C)CC[C@@H]3[C@H](CC[C@H]4C[C@H](O)CC[C@@]43C)[C@H]1C2. The molecule has 3 nitrogen and oxygen atoms in total. The van der Waals surface area contributed by atoms with Gasteiger partial charge in [-0.3, -0.25) is 5.10 Å². The van der Waals surface area contributed by atoms with Gasteiger partial charge < -0.3 is 5.11 Å². The van der Waals surface area contributed by atoms with Gasteiger partial charge in [0.15, 0.2) is 0 Å². The minimum atomic E-state index is -0.0347. The van der Waals surface area contributed by atoms with Crippen molar-refractivity contribution >= 4 is 0 Å². The van der Waals surface area contributed by atoms with Gasteiger partial charge in [0.25, 0.3) is 0 Å². The third kappa shape index (κ3) is 1.80. The van der Waals surface area contributed by atoms with Crippen molar-refractivity contribution < 1.29 is 5.11 Å². The van der Waals surface area contributed by atoms with Crippen molar-refractivity contribution in [1.29, 1.82) is 0 Å². The lowest BCUT2D eigenvalue weighted by Gasteiger charge is -2.60. The molecule has 0 aromatic carbocycles. The van der Waals surface area contributed by atoms with E-state index < -0.39 is 0 Å². The maximum absolute atomic E-state index is 10.2. The van der Waals surface area contributed by atoms with Crippen molar-refractivity contribution in [3.8, 4) is 0 Å². The molecule has 0 spiro atoms. The van der Waals surface area contributed by atoms with Crippen molar-refractivity contribution in [1.82, 2.24) is 10.2 Å². The van der Waals surface area contributed by atoms with Crippen LogP contribution in [-0.4, -0.2) is 21.4 Å². The van der Waals surface area contributed by atoms with Crippen molar-refractivity contribution in [2.45, 2.75) is 83.7 Å². The Bertz CT molecular complexity index is 667. The fraction of sp³-hybridized carbons (Fsp3) is 0.857. The van der Waals surface area contributed by atoms with Gasteiger partial charge in [-0.05, 0) is 92.8 Å². The summed E-state index contributed by atoms with van der Waals surface area (Å²) in [6, 6.07) is 0. The summed E-state index contributed by atoms with van der Waals surface area (Å²) in [5.41, 5.74) is 5.08. The molecule has 3 saturated carbocycles. The van der Waals surface area contributed by atoms with Crippen LogP contribution in [0.15, 0.2) is 0 Å². The van der Waals surface area contributed by atoms with Gasteiger partial charge in [-0.1, -0.05) is 13.8 Å². The highest BCUT2D eigenvalue weighted by atomic mass is 16.3. The lowest BCUT2D eigenvalue weighted by atomic mass is 9.45. The Morgan fingerprint density at radius 3 is 2.75 bits per heavy atom. The van der Waals surface area contributed by atoms with E-state index in [2.05, 4.69) is 31.0 Å². The van der Waals surface area contributed by atoms with Crippen molar-refractivity contribution in [3.63, 3.8) is 0 Å². The molecule has 24 heavy (non-hydrogen) atoms. The van der Waals surface area contributed by atoms with Crippen LogP contribution in [0.25, 0.3) is 0 Å². The van der Waals surface area contributed by atoms with E-state index in [1.807, 2.05) is 0 Å². The average molecular weight is 329 g/mol. The maximum atomic E-state index is 10.2. The predicted octanol–water partition coefficient (Wildman–Crippen LogP) is 4.14. The minimum Gasteiger partial charge on any atom is -0.393 e. The lowest BCUT2D eigenvalue weighted by molar-refractivity contribution is -0.111. The molecule has 132 valence electrons. The first-order valence-corrected chi connectivity index (χ1v) is 10.2. The zero-order valence-corrected chi connectivity index (χ0v) is 15.4. The van der Waals surface area contributed by atoms with E-state index in [-0.39, 0.29) is 6.10 Å². The summed E-state index contributed by atoms with van der Waals surface area (Å²) in [5, 5.41) is 18.1. The van der Waals surface area contributed by atoms with Gasteiger partial charge in [-0.2, -0.15) is 5.10 Å². The normalized spacial score (nSPS) is 49.9. The van der Waals surface area contributed by atoms with Crippen LogP contribution in [-0.2, 0) is 11.8 Å². The topological polar surface area (TPSA) is 48.9 Å². The Labute approximate surface area is 145 Å². The molecule has 0 saturated heterocycles. The van der Waals surface area contributed by atoms with Crippen LogP contribution in [0.2, 0.25) is 0 Å². The molecule has 5 rings (SSSR count). The Balaban J connectivity index is 1.50. The van der Waals surface area contributed by atoms with Crippen LogP contribution < -0.4 is 0 Å². The molecular formula is C21H32N2O. The van der Waals surface area contributed by atoms with Crippen LogP contribution in [0.1, 0.15) is 75.7 Å². The fourth-order valence-electron chi connectivity index (χ4n) is 7.84. The first-order chi connectivity index (χ1) is 11.4. The fourth-order valence-corrected chi connectivity index (χ4v) is 7.84. The summed E-state index contributed by atoms with van der Waals surface area (Å²) in [4.78, 5) is 0. The Hall–Kier alpha value is -0.830. The molecule has 3 heteroatoms. The molecular weight excluding hydrogens is 296 g/mol. The quantitative estimate of drug-likeness (QED) is 0.752. The van der Waals surface area contributed by atoms with Crippen molar-refractivity contribution in [2.75, 3.05) is 0 Å². The molecule has 0 unspecified atom stereocenters. The molecule has 2 N–H and O–H groups in total. The number of nitrogens with one attached hydrogen (secondary N) is 1. The molecule has 0 aliphatic heterocycles. The van der Waals surface area contributed by atoms with Gasteiger partial charge in [-0.25, -0.2) is 0 Å². The average Bonchev–Trinajstić information content (AvgIpc) is 3.06. The second kappa shape index (κ2) is 4.87. The monoisotopic (exact) mass is 328 g/mol. The summed E-state index contributed by atoms with van der Waals surface area (Å²) in [6.45, 7) is 7.32. The van der Waals surface area contributed by atoms with E-state index in [1.54, 1.807) is 5.56 Å². The molecule has 0 radical (unpaired) electrons. The van der Waals surface area contributed by atoms with Gasteiger partial charge in [0.2, 0.25) is 0 Å². The highest BCUT2D eigenvalue weighted by Gasteiger charge is 2.59. The van der Waals surface area contributed by atoms with Gasteiger partial charge >= 0.3 is 0 Å². The third-order valence-electron chi connectivity index (χ3n) is 9.03. The van der Waals surface area contributed by atoms with Crippen LogP contribution in [0.5, 0.6) is 0 Å². The number of aliphatic hydroxyl groups excluding tert-OH is 1. The number of H-pyrrole nitrogens is 1. The van der Waals surface area contributed by atoms with E-state index in [0.29, 0.717) is 10.8 Å². The number of hydrogen-bond donors (Lipinski definition) is 2. The van der Waals surface area contributed by atoms with Crippen molar-refractivity contribution in [3.05, 3.63) is 17.0 Å². The summed E-state index contributed by atoms with van der Waals surface area (Å²) in [5.74, 6) is 3.29. The molecule has 1 heterocycles. The van der Waals surface area contributed by atoms with Gasteiger partial charge in [0.05, 0.1) is 11.8 Å². The van der Waals surface area contributed by atoms with Crippen LogP contribution in [0, 0.1) is 36.0 Å². The first-order valence-electron chi connectivity index (χ1n) is 10.2. The lowest BCUT2D eigenvalue weighted by Crippen LogP contribution is -2.54. The molecule has 1 aromatic heterocycles. The highest BCUT2D eigenvalue weighted by Crippen LogP contribution is 2.65.